The number of allylic oxidation sites excluding steroid dienone is 13. The van der Waals surface area contributed by atoms with Crippen molar-refractivity contribution in [1.82, 2.24) is 5.32 Å². The molecule has 3 unspecified atom stereocenters. The Morgan fingerprint density at radius 2 is 0.709 bits per heavy atom. The van der Waals surface area contributed by atoms with Gasteiger partial charge in [0, 0.05) is 12.8 Å². The fraction of sp³-hybridized carbons (Fsp3) is 0.789. The van der Waals surface area contributed by atoms with Gasteiger partial charge in [-0.25, -0.2) is 4.57 Å². The third-order valence-electron chi connectivity index (χ3n) is 16.1. The summed E-state index contributed by atoms with van der Waals surface area (Å²) in [5, 5.41) is 3.07. The van der Waals surface area contributed by atoms with Gasteiger partial charge in [0.2, 0.25) is 5.91 Å². The van der Waals surface area contributed by atoms with E-state index in [4.69, 9.17) is 13.8 Å². The number of nitrogens with zero attached hydrogens (tertiary/aromatic N) is 1. The van der Waals surface area contributed by atoms with Crippen LogP contribution >= 0.6 is 7.82 Å². The number of carbonyl (C=O) groups is 2. The number of phosphoric ester groups is 1. The lowest BCUT2D eigenvalue weighted by Crippen LogP contribution is -2.47. The van der Waals surface area contributed by atoms with E-state index in [2.05, 4.69) is 99.0 Å². The lowest BCUT2D eigenvalue weighted by molar-refractivity contribution is -0.870. The highest BCUT2D eigenvalue weighted by Crippen LogP contribution is 2.43. The van der Waals surface area contributed by atoms with E-state index in [9.17, 15) is 19.0 Å². The number of amides is 1. The number of hydrogen-bond donors (Lipinski definition) is 2. The highest BCUT2D eigenvalue weighted by Gasteiger charge is 2.30. The molecule has 1 amide bonds. The molecule has 0 spiro atoms. The van der Waals surface area contributed by atoms with Crippen molar-refractivity contribution in [3.8, 4) is 0 Å². The topological polar surface area (TPSA) is 111 Å². The Kier molecular flexibility index (Phi) is 63.0. The van der Waals surface area contributed by atoms with Gasteiger partial charge >= 0.3 is 13.8 Å². The summed E-state index contributed by atoms with van der Waals surface area (Å²) >= 11 is 0. The molecule has 2 N–H and O–H groups in total. The lowest BCUT2D eigenvalue weighted by atomic mass is 10.0. The first-order valence-electron chi connectivity index (χ1n) is 36.4. The summed E-state index contributed by atoms with van der Waals surface area (Å²) in [6.45, 7) is 6.98. The molecule has 0 aliphatic rings. The van der Waals surface area contributed by atoms with Gasteiger partial charge in [-0.1, -0.05) is 299 Å². The molecular formula is C76H140N2O7P+. The number of phosphoric acid groups is 1. The van der Waals surface area contributed by atoms with E-state index in [0.29, 0.717) is 17.4 Å². The van der Waals surface area contributed by atoms with Gasteiger partial charge in [-0.2, -0.15) is 0 Å². The third kappa shape index (κ3) is 65.6. The molecule has 0 radical (unpaired) electrons. The number of likely N-dealkylation sites (N-methyl/N-ethyl adjacent to an activating group) is 1. The lowest BCUT2D eigenvalue weighted by Gasteiger charge is -2.27. The summed E-state index contributed by atoms with van der Waals surface area (Å²) in [5.74, 6) is -0.517. The van der Waals surface area contributed by atoms with Gasteiger partial charge in [-0.3, -0.25) is 18.6 Å². The van der Waals surface area contributed by atoms with Crippen LogP contribution in [0.5, 0.6) is 0 Å². The first-order valence-corrected chi connectivity index (χ1v) is 37.9. The minimum Gasteiger partial charge on any atom is -0.456 e. The van der Waals surface area contributed by atoms with Gasteiger partial charge < -0.3 is 19.4 Å². The Labute approximate surface area is 533 Å². The van der Waals surface area contributed by atoms with E-state index in [1.807, 2.05) is 33.3 Å². The first kappa shape index (κ1) is 83.2. The number of rotatable bonds is 66. The largest absolute Gasteiger partial charge is 0.472 e. The molecule has 0 bridgehead atoms. The van der Waals surface area contributed by atoms with Crippen molar-refractivity contribution in [1.29, 1.82) is 0 Å². The van der Waals surface area contributed by atoms with E-state index in [-0.39, 0.29) is 31.5 Å². The zero-order valence-electron chi connectivity index (χ0n) is 57.3. The predicted molar refractivity (Wildman–Crippen MR) is 374 cm³/mol. The Morgan fingerprint density at radius 1 is 0.407 bits per heavy atom. The predicted octanol–water partition coefficient (Wildman–Crippen LogP) is 23.3. The summed E-state index contributed by atoms with van der Waals surface area (Å²) < 4.78 is 30.8. The van der Waals surface area contributed by atoms with Crippen molar-refractivity contribution in [2.24, 2.45) is 0 Å². The second-order valence-electron chi connectivity index (χ2n) is 25.8. The molecule has 0 aromatic rings. The van der Waals surface area contributed by atoms with Gasteiger partial charge in [-0.05, 0) is 109 Å². The maximum absolute atomic E-state index is 13.6. The molecule has 10 heteroatoms. The third-order valence-corrected chi connectivity index (χ3v) is 17.0. The number of nitrogens with one attached hydrogen (secondary N) is 1. The second kappa shape index (κ2) is 65.2. The molecule has 3 atom stereocenters. The van der Waals surface area contributed by atoms with Crippen LogP contribution in [-0.2, 0) is 27.9 Å². The van der Waals surface area contributed by atoms with Crippen LogP contribution in [0.2, 0.25) is 0 Å². The maximum Gasteiger partial charge on any atom is 0.472 e. The fourth-order valence-corrected chi connectivity index (χ4v) is 11.2. The number of esters is 1. The summed E-state index contributed by atoms with van der Waals surface area (Å²) in [5.41, 5.74) is 0. The monoisotopic (exact) mass is 1220 g/mol. The normalized spacial score (nSPS) is 14.0. The zero-order chi connectivity index (χ0) is 62.8. The highest BCUT2D eigenvalue weighted by molar-refractivity contribution is 7.47. The van der Waals surface area contributed by atoms with Gasteiger partial charge in [0.05, 0.1) is 33.8 Å². The van der Waals surface area contributed by atoms with Crippen LogP contribution < -0.4 is 5.32 Å². The number of quaternary nitrogens is 1. The standard InChI is InChI=1S/C76H139N2O7P/c1-7-10-13-16-19-22-25-28-30-32-34-36-37-38-39-40-41-43-44-46-48-50-53-56-59-62-65-68-75(79)77-73(72-84-86(81,82)83-71-70-78(4,5)6)74(67-64-61-58-55-52-27-24-21-18-15-12-9-3)85-76(80)69-66-63-60-57-54-51-49-47-45-42-35-33-31-29-26-23-20-17-14-11-8-2/h19-20,22-23,28-31,35,42,47,49,64,67,73-74H,7-18,21,24-27,32-34,36-41,43-46,48,50-63,65-66,68-72H2,1-6H3,(H-,77,79,81,82)/p+1/b22-19-,23-20-,30-28-,31-29-,42-35-,49-47-,67-64-. The molecule has 0 rings (SSSR count). The van der Waals surface area contributed by atoms with Crippen LogP contribution in [0.3, 0.4) is 0 Å². The van der Waals surface area contributed by atoms with Crippen LogP contribution in [0.4, 0.5) is 0 Å². The number of carbonyl (C=O) groups excluding carboxylic acids is 2. The average Bonchev–Trinajstić information content (AvgIpc) is 3.69. The summed E-state index contributed by atoms with van der Waals surface area (Å²) in [7, 11) is 1.49. The number of hydrogen-bond acceptors (Lipinski definition) is 6. The van der Waals surface area contributed by atoms with Crippen molar-refractivity contribution in [2.45, 2.75) is 348 Å². The smallest absolute Gasteiger partial charge is 0.456 e. The molecule has 0 saturated carbocycles. The second-order valence-corrected chi connectivity index (χ2v) is 27.2. The Balaban J connectivity index is 5.04. The minimum absolute atomic E-state index is 0.0351. The molecule has 9 nitrogen and oxygen atoms in total. The first-order chi connectivity index (χ1) is 41.9. The molecular weight excluding hydrogens is 1080 g/mol. The van der Waals surface area contributed by atoms with Crippen LogP contribution in [-0.4, -0.2) is 74.3 Å². The molecule has 0 aliphatic carbocycles. The van der Waals surface area contributed by atoms with Gasteiger partial charge in [0.1, 0.15) is 19.3 Å². The molecule has 0 aromatic carbocycles. The van der Waals surface area contributed by atoms with E-state index in [1.165, 1.54) is 199 Å². The van der Waals surface area contributed by atoms with Crippen molar-refractivity contribution in [3.63, 3.8) is 0 Å². The van der Waals surface area contributed by atoms with E-state index in [1.54, 1.807) is 0 Å². The SMILES string of the molecule is CCCCC/C=C\C/C=C\C/C=C\C/C=C\CCCCCCCC(=O)OC(/C=C\CCCCCCCCCCCC)C(COP(=O)(O)OCC[N+](C)(C)C)NC(=O)CCCCCCCCCCCCCCCCCCC/C=C\C/C=C\CCCCC. The van der Waals surface area contributed by atoms with Crippen LogP contribution in [0.15, 0.2) is 85.1 Å². The number of ether oxygens (including phenoxy) is 1. The van der Waals surface area contributed by atoms with Crippen molar-refractivity contribution in [3.05, 3.63) is 85.1 Å². The van der Waals surface area contributed by atoms with Crippen LogP contribution in [0.1, 0.15) is 335 Å². The minimum atomic E-state index is -4.46. The molecule has 500 valence electrons. The van der Waals surface area contributed by atoms with Gasteiger partial charge in [-0.15, -0.1) is 0 Å². The van der Waals surface area contributed by atoms with E-state index >= 15 is 0 Å². The highest BCUT2D eigenvalue weighted by atomic mass is 31.2. The van der Waals surface area contributed by atoms with E-state index in [0.717, 1.165) is 103 Å². The maximum atomic E-state index is 13.6. The number of unbranched alkanes of at least 4 members (excludes halogenated alkanes) is 38. The molecule has 0 heterocycles. The summed E-state index contributed by atoms with van der Waals surface area (Å²) in [6, 6.07) is -0.860. The Morgan fingerprint density at radius 3 is 1.08 bits per heavy atom. The van der Waals surface area contributed by atoms with Gasteiger partial charge in [0.25, 0.3) is 0 Å². The summed E-state index contributed by atoms with van der Waals surface area (Å²) in [6.07, 6.45) is 87.4. The Hall–Kier alpha value is -2.81. The van der Waals surface area contributed by atoms with Crippen LogP contribution in [0.25, 0.3) is 0 Å². The summed E-state index contributed by atoms with van der Waals surface area (Å²) in [4.78, 5) is 37.9. The van der Waals surface area contributed by atoms with Crippen molar-refractivity contribution in [2.75, 3.05) is 40.9 Å². The van der Waals surface area contributed by atoms with Crippen molar-refractivity contribution >= 4 is 19.7 Å². The zero-order valence-corrected chi connectivity index (χ0v) is 58.2. The molecule has 0 aliphatic heterocycles. The average molecular weight is 1220 g/mol. The molecule has 86 heavy (non-hydrogen) atoms. The van der Waals surface area contributed by atoms with E-state index < -0.39 is 20.0 Å². The molecule has 0 aromatic heterocycles. The molecule has 0 saturated heterocycles. The quantitative estimate of drug-likeness (QED) is 0.0205. The fourth-order valence-electron chi connectivity index (χ4n) is 10.4. The van der Waals surface area contributed by atoms with Crippen LogP contribution in [0, 0.1) is 0 Å². The van der Waals surface area contributed by atoms with Gasteiger partial charge in [0.15, 0.2) is 0 Å². The van der Waals surface area contributed by atoms with Crippen molar-refractivity contribution < 1.29 is 37.3 Å². The molecule has 0 fully saturated rings. The Bertz CT molecular complexity index is 1750.